The molecule has 0 saturated heterocycles. The summed E-state index contributed by atoms with van der Waals surface area (Å²) >= 11 is 5.66. The number of hydrogen-bond donors (Lipinski definition) is 0. The standard InChI is InChI=1S/C14H12ClF3N6O3S/c1-7(13-21-19-8(2)27-13)28(25,26)6-12-20-22-23-24(12)11-4-3-9(15)5-10(11)14(16,17)18/h3-5,7H,6H2,1-2H3/t7-/m0/s1. The lowest BCUT2D eigenvalue weighted by Crippen LogP contribution is -2.18. The van der Waals surface area contributed by atoms with E-state index < -0.39 is 38.3 Å². The molecular weight excluding hydrogens is 425 g/mol. The van der Waals surface area contributed by atoms with Crippen LogP contribution in [0.3, 0.4) is 0 Å². The fourth-order valence-corrected chi connectivity index (χ4v) is 3.70. The summed E-state index contributed by atoms with van der Waals surface area (Å²) in [5, 5.41) is 16.3. The molecular formula is C14H12ClF3N6O3S. The lowest BCUT2D eigenvalue weighted by molar-refractivity contribution is -0.137. The fraction of sp³-hybridized carbons (Fsp3) is 0.357. The predicted molar refractivity (Wildman–Crippen MR) is 89.2 cm³/mol. The van der Waals surface area contributed by atoms with Crippen LogP contribution in [-0.2, 0) is 21.8 Å². The molecule has 0 aliphatic rings. The number of benzene rings is 1. The van der Waals surface area contributed by atoms with Crippen LogP contribution in [0.1, 0.15) is 35.3 Å². The van der Waals surface area contributed by atoms with Gasteiger partial charge in [-0.3, -0.25) is 0 Å². The van der Waals surface area contributed by atoms with Crippen molar-refractivity contribution in [3.8, 4) is 5.69 Å². The maximum Gasteiger partial charge on any atom is 0.418 e. The fourth-order valence-electron chi connectivity index (χ4n) is 2.34. The Labute approximate surface area is 161 Å². The van der Waals surface area contributed by atoms with Gasteiger partial charge in [-0.05, 0) is 35.5 Å². The highest BCUT2D eigenvalue weighted by Crippen LogP contribution is 2.36. The van der Waals surface area contributed by atoms with Crippen LogP contribution in [0.15, 0.2) is 22.6 Å². The highest BCUT2D eigenvalue weighted by Gasteiger charge is 2.36. The van der Waals surface area contributed by atoms with Crippen LogP contribution in [0.25, 0.3) is 5.69 Å². The Balaban J connectivity index is 2.00. The molecule has 150 valence electrons. The highest BCUT2D eigenvalue weighted by atomic mass is 35.5. The summed E-state index contributed by atoms with van der Waals surface area (Å²) < 4.78 is 71.2. The smallest absolute Gasteiger partial charge is 0.418 e. The van der Waals surface area contributed by atoms with E-state index in [-0.39, 0.29) is 22.6 Å². The number of aromatic nitrogens is 6. The van der Waals surface area contributed by atoms with E-state index in [0.29, 0.717) is 10.7 Å². The average Bonchev–Trinajstić information content (AvgIpc) is 3.22. The van der Waals surface area contributed by atoms with E-state index in [1.54, 1.807) is 0 Å². The first-order chi connectivity index (χ1) is 13.0. The summed E-state index contributed by atoms with van der Waals surface area (Å²) in [5.41, 5.74) is -1.56. The molecule has 1 atom stereocenters. The molecule has 0 spiro atoms. The van der Waals surface area contributed by atoms with Gasteiger partial charge in [0.05, 0.1) is 11.3 Å². The van der Waals surface area contributed by atoms with Crippen LogP contribution in [0.5, 0.6) is 0 Å². The molecule has 0 fully saturated rings. The second kappa shape index (κ2) is 7.13. The number of sulfone groups is 1. The molecule has 2 aromatic heterocycles. The van der Waals surface area contributed by atoms with Crippen molar-refractivity contribution in [2.45, 2.75) is 31.0 Å². The van der Waals surface area contributed by atoms with E-state index in [0.717, 1.165) is 6.07 Å². The quantitative estimate of drug-likeness (QED) is 0.599. The van der Waals surface area contributed by atoms with Crippen LogP contribution < -0.4 is 0 Å². The Hall–Kier alpha value is -2.54. The lowest BCUT2D eigenvalue weighted by atomic mass is 10.1. The topological polar surface area (TPSA) is 117 Å². The zero-order valence-electron chi connectivity index (χ0n) is 14.3. The molecule has 0 aliphatic heterocycles. The molecule has 0 saturated carbocycles. The highest BCUT2D eigenvalue weighted by molar-refractivity contribution is 7.90. The van der Waals surface area contributed by atoms with Gasteiger partial charge in [0.1, 0.15) is 11.0 Å². The molecule has 3 aromatic rings. The van der Waals surface area contributed by atoms with Crippen molar-refractivity contribution in [2.75, 3.05) is 0 Å². The van der Waals surface area contributed by atoms with Gasteiger partial charge in [-0.2, -0.15) is 17.9 Å². The van der Waals surface area contributed by atoms with Crippen molar-refractivity contribution in [1.82, 2.24) is 30.4 Å². The second-order valence-corrected chi connectivity index (χ2v) is 8.53. The minimum atomic E-state index is -4.75. The van der Waals surface area contributed by atoms with E-state index in [1.807, 2.05) is 0 Å². The minimum absolute atomic E-state index is 0.140. The number of aryl methyl sites for hydroxylation is 1. The normalized spacial score (nSPS) is 13.6. The zero-order valence-corrected chi connectivity index (χ0v) is 15.9. The van der Waals surface area contributed by atoms with Gasteiger partial charge in [0.25, 0.3) is 0 Å². The summed E-state index contributed by atoms with van der Waals surface area (Å²) in [6.07, 6.45) is -4.75. The average molecular weight is 437 g/mol. The number of halogens is 4. The summed E-state index contributed by atoms with van der Waals surface area (Å²) in [7, 11) is -3.98. The van der Waals surface area contributed by atoms with Crippen molar-refractivity contribution < 1.29 is 26.0 Å². The van der Waals surface area contributed by atoms with Crippen LogP contribution in [-0.4, -0.2) is 38.8 Å². The maximum absolute atomic E-state index is 13.4. The molecule has 14 heteroatoms. The third kappa shape index (κ3) is 3.99. The second-order valence-electron chi connectivity index (χ2n) is 5.77. The van der Waals surface area contributed by atoms with Crippen LogP contribution in [0.2, 0.25) is 5.02 Å². The van der Waals surface area contributed by atoms with Crippen LogP contribution in [0.4, 0.5) is 13.2 Å². The first-order valence-corrected chi connectivity index (χ1v) is 9.74. The molecule has 28 heavy (non-hydrogen) atoms. The number of alkyl halides is 3. The SMILES string of the molecule is Cc1nnc([C@H](C)S(=O)(=O)Cc2nnnn2-c2ccc(Cl)cc2C(F)(F)F)o1. The van der Waals surface area contributed by atoms with Crippen LogP contribution in [0, 0.1) is 6.92 Å². The van der Waals surface area contributed by atoms with Gasteiger partial charge >= 0.3 is 6.18 Å². The molecule has 9 nitrogen and oxygen atoms in total. The third-order valence-corrected chi connectivity index (χ3v) is 5.96. The van der Waals surface area contributed by atoms with Crippen molar-refractivity contribution in [1.29, 1.82) is 0 Å². The Morgan fingerprint density at radius 3 is 2.57 bits per heavy atom. The van der Waals surface area contributed by atoms with E-state index in [2.05, 4.69) is 25.7 Å². The molecule has 1 aromatic carbocycles. The summed E-state index contributed by atoms with van der Waals surface area (Å²) in [6.45, 7) is 2.81. The lowest BCUT2D eigenvalue weighted by Gasteiger charge is -2.14. The molecule has 0 amide bonds. The Morgan fingerprint density at radius 1 is 1.25 bits per heavy atom. The van der Waals surface area contributed by atoms with Gasteiger partial charge in [-0.1, -0.05) is 11.6 Å². The Kier molecular flexibility index (Phi) is 5.14. The minimum Gasteiger partial charge on any atom is -0.424 e. The summed E-state index contributed by atoms with van der Waals surface area (Å²) in [4.78, 5) is 0. The van der Waals surface area contributed by atoms with Crippen LogP contribution >= 0.6 is 11.6 Å². The van der Waals surface area contributed by atoms with Crippen molar-refractivity contribution in [2.24, 2.45) is 0 Å². The largest absolute Gasteiger partial charge is 0.424 e. The molecule has 0 N–H and O–H groups in total. The summed E-state index contributed by atoms with van der Waals surface area (Å²) in [6, 6.07) is 2.99. The van der Waals surface area contributed by atoms with Gasteiger partial charge in [0, 0.05) is 11.9 Å². The number of tetrazole rings is 1. The Bertz CT molecular complexity index is 1110. The van der Waals surface area contributed by atoms with Crippen molar-refractivity contribution in [3.05, 3.63) is 46.4 Å². The number of hydrogen-bond acceptors (Lipinski definition) is 8. The van der Waals surface area contributed by atoms with Gasteiger partial charge in [0.2, 0.25) is 11.8 Å². The maximum atomic E-state index is 13.4. The van der Waals surface area contributed by atoms with E-state index >= 15 is 0 Å². The van der Waals surface area contributed by atoms with E-state index in [9.17, 15) is 21.6 Å². The number of rotatable bonds is 5. The Morgan fingerprint density at radius 2 is 1.96 bits per heavy atom. The molecule has 0 unspecified atom stereocenters. The molecule has 0 bridgehead atoms. The molecule has 2 heterocycles. The number of nitrogens with zero attached hydrogens (tertiary/aromatic N) is 6. The third-order valence-electron chi connectivity index (χ3n) is 3.78. The molecule has 0 radical (unpaired) electrons. The molecule has 0 aliphatic carbocycles. The monoisotopic (exact) mass is 436 g/mol. The van der Waals surface area contributed by atoms with Gasteiger partial charge < -0.3 is 4.42 Å². The van der Waals surface area contributed by atoms with Gasteiger partial charge in [0.15, 0.2) is 15.7 Å². The van der Waals surface area contributed by atoms with E-state index in [4.69, 9.17) is 16.0 Å². The van der Waals surface area contributed by atoms with Gasteiger partial charge in [-0.25, -0.2) is 8.42 Å². The molecule has 3 rings (SSSR count). The summed E-state index contributed by atoms with van der Waals surface area (Å²) in [5.74, 6) is -1.02. The van der Waals surface area contributed by atoms with Crippen molar-refractivity contribution >= 4 is 21.4 Å². The predicted octanol–water partition coefficient (Wildman–Crippen LogP) is 2.70. The van der Waals surface area contributed by atoms with Gasteiger partial charge in [-0.15, -0.1) is 15.3 Å². The first kappa shape index (κ1) is 20.2. The first-order valence-electron chi connectivity index (χ1n) is 7.65. The van der Waals surface area contributed by atoms with E-state index in [1.165, 1.54) is 19.9 Å². The zero-order chi connectivity index (χ0) is 20.7. The van der Waals surface area contributed by atoms with Crippen molar-refractivity contribution in [3.63, 3.8) is 0 Å².